The number of nitrogens with one attached hydrogen (secondary N) is 1. The van der Waals surface area contributed by atoms with Crippen LogP contribution in [0.4, 0.5) is 18.9 Å². The summed E-state index contributed by atoms with van der Waals surface area (Å²) in [6.45, 7) is 0.896. The van der Waals surface area contributed by atoms with Gasteiger partial charge in [0.15, 0.2) is 0 Å². The second-order valence-electron chi connectivity index (χ2n) is 4.33. The molecule has 1 amide bonds. The fourth-order valence-electron chi connectivity index (χ4n) is 1.84. The molecule has 1 aliphatic rings. The van der Waals surface area contributed by atoms with Gasteiger partial charge in [-0.2, -0.15) is 13.2 Å². The topological polar surface area (TPSA) is 64.4 Å². The van der Waals surface area contributed by atoms with Crippen molar-refractivity contribution in [3.8, 4) is 0 Å². The van der Waals surface area contributed by atoms with E-state index in [9.17, 15) is 18.0 Å². The first-order valence-corrected chi connectivity index (χ1v) is 5.73. The number of ether oxygens (including phenoxy) is 1. The van der Waals surface area contributed by atoms with Crippen LogP contribution in [0.3, 0.4) is 0 Å². The lowest BCUT2D eigenvalue weighted by molar-refractivity contribution is -0.137. The van der Waals surface area contributed by atoms with Gasteiger partial charge in [-0.05, 0) is 24.6 Å². The maximum absolute atomic E-state index is 12.6. The number of alkyl halides is 3. The Morgan fingerprint density at radius 2 is 2.16 bits per heavy atom. The van der Waals surface area contributed by atoms with Gasteiger partial charge in [-0.25, -0.2) is 0 Å². The molecule has 0 spiro atoms. The van der Waals surface area contributed by atoms with Crippen molar-refractivity contribution in [3.63, 3.8) is 0 Å². The monoisotopic (exact) mass is 274 g/mol. The average molecular weight is 274 g/mol. The predicted octanol–water partition coefficient (Wildman–Crippen LogP) is 1.81. The fraction of sp³-hybridized carbons (Fsp3) is 0.417. The number of hydrogen-bond donors (Lipinski definition) is 2. The van der Waals surface area contributed by atoms with E-state index in [1.54, 1.807) is 0 Å². The van der Waals surface area contributed by atoms with Crippen molar-refractivity contribution in [1.82, 2.24) is 5.32 Å². The van der Waals surface area contributed by atoms with Crippen LogP contribution in [-0.4, -0.2) is 25.2 Å². The van der Waals surface area contributed by atoms with Crippen LogP contribution in [0.15, 0.2) is 18.2 Å². The molecule has 1 saturated heterocycles. The normalized spacial score (nSPS) is 19.4. The Kier molecular flexibility index (Phi) is 3.66. The molecule has 1 aromatic carbocycles. The van der Waals surface area contributed by atoms with Crippen molar-refractivity contribution in [1.29, 1.82) is 0 Å². The molecule has 0 aromatic heterocycles. The molecule has 0 bridgehead atoms. The fourth-order valence-corrected chi connectivity index (χ4v) is 1.84. The van der Waals surface area contributed by atoms with Crippen LogP contribution in [0.25, 0.3) is 0 Å². The molecule has 0 aliphatic carbocycles. The summed E-state index contributed by atoms with van der Waals surface area (Å²) >= 11 is 0. The highest BCUT2D eigenvalue weighted by molar-refractivity contribution is 5.99. The molecule has 104 valence electrons. The molecule has 1 unspecified atom stereocenters. The number of halogens is 3. The molecule has 1 fully saturated rings. The van der Waals surface area contributed by atoms with Crippen molar-refractivity contribution in [2.24, 2.45) is 0 Å². The molecule has 7 heteroatoms. The third-order valence-electron chi connectivity index (χ3n) is 2.89. The summed E-state index contributed by atoms with van der Waals surface area (Å²) in [6.07, 6.45) is -3.86. The van der Waals surface area contributed by atoms with Crippen LogP contribution in [-0.2, 0) is 10.9 Å². The maximum Gasteiger partial charge on any atom is 0.416 e. The van der Waals surface area contributed by atoms with E-state index < -0.39 is 17.6 Å². The van der Waals surface area contributed by atoms with E-state index in [0.717, 1.165) is 18.2 Å². The Hall–Kier alpha value is -1.76. The molecule has 0 radical (unpaired) electrons. The van der Waals surface area contributed by atoms with Gasteiger partial charge in [0.05, 0.1) is 23.8 Å². The van der Waals surface area contributed by atoms with Crippen molar-refractivity contribution < 1.29 is 22.7 Å². The van der Waals surface area contributed by atoms with Gasteiger partial charge in [-0.1, -0.05) is 0 Å². The van der Waals surface area contributed by atoms with Crippen LogP contribution in [0.5, 0.6) is 0 Å². The Balaban J connectivity index is 2.20. The Bertz CT molecular complexity index is 482. The first-order chi connectivity index (χ1) is 8.88. The van der Waals surface area contributed by atoms with Gasteiger partial charge in [0.25, 0.3) is 5.91 Å². The third kappa shape index (κ3) is 3.17. The summed E-state index contributed by atoms with van der Waals surface area (Å²) in [7, 11) is 0. The molecule has 3 N–H and O–H groups in total. The first-order valence-electron chi connectivity index (χ1n) is 5.73. The van der Waals surface area contributed by atoms with Gasteiger partial charge in [0.2, 0.25) is 0 Å². The van der Waals surface area contributed by atoms with E-state index >= 15 is 0 Å². The predicted molar refractivity (Wildman–Crippen MR) is 62.5 cm³/mol. The summed E-state index contributed by atoms with van der Waals surface area (Å²) < 4.78 is 42.8. The average Bonchev–Trinajstić information content (AvgIpc) is 2.80. The van der Waals surface area contributed by atoms with Crippen LogP contribution >= 0.6 is 0 Å². The second kappa shape index (κ2) is 5.08. The minimum absolute atomic E-state index is 0.0180. The molecular formula is C12H13F3N2O2. The van der Waals surface area contributed by atoms with Gasteiger partial charge < -0.3 is 15.8 Å². The molecule has 1 aliphatic heterocycles. The zero-order chi connectivity index (χ0) is 14.0. The van der Waals surface area contributed by atoms with Gasteiger partial charge in [-0.3, -0.25) is 4.79 Å². The zero-order valence-electron chi connectivity index (χ0n) is 9.96. The minimum Gasteiger partial charge on any atom is -0.398 e. The lowest BCUT2D eigenvalue weighted by Crippen LogP contribution is -2.35. The molecule has 4 nitrogen and oxygen atoms in total. The summed E-state index contributed by atoms with van der Waals surface area (Å²) in [5, 5.41) is 2.60. The van der Waals surface area contributed by atoms with Crippen LogP contribution in [0, 0.1) is 0 Å². The van der Waals surface area contributed by atoms with E-state index in [4.69, 9.17) is 10.5 Å². The third-order valence-corrected chi connectivity index (χ3v) is 2.89. The van der Waals surface area contributed by atoms with E-state index in [1.807, 2.05) is 0 Å². The summed E-state index contributed by atoms with van der Waals surface area (Å²) in [6, 6.07) is 2.52. The lowest BCUT2D eigenvalue weighted by atomic mass is 10.1. The number of benzene rings is 1. The molecule has 0 saturated carbocycles. The smallest absolute Gasteiger partial charge is 0.398 e. The minimum atomic E-state index is -4.50. The molecule has 1 aromatic rings. The van der Waals surface area contributed by atoms with E-state index in [-0.39, 0.29) is 17.3 Å². The second-order valence-corrected chi connectivity index (χ2v) is 4.33. The highest BCUT2D eigenvalue weighted by Gasteiger charge is 2.32. The van der Waals surface area contributed by atoms with E-state index in [0.29, 0.717) is 19.6 Å². The molecule has 2 rings (SSSR count). The highest BCUT2D eigenvalue weighted by Crippen LogP contribution is 2.31. The summed E-state index contributed by atoms with van der Waals surface area (Å²) in [5.41, 5.74) is 4.51. The Labute approximate surface area is 107 Å². The van der Waals surface area contributed by atoms with Crippen molar-refractivity contribution in [2.45, 2.75) is 18.6 Å². The quantitative estimate of drug-likeness (QED) is 0.808. The number of rotatable bonds is 2. The number of amides is 1. The Morgan fingerprint density at radius 1 is 1.42 bits per heavy atom. The largest absolute Gasteiger partial charge is 0.416 e. The Morgan fingerprint density at radius 3 is 2.74 bits per heavy atom. The van der Waals surface area contributed by atoms with E-state index in [2.05, 4.69) is 5.32 Å². The molecular weight excluding hydrogens is 261 g/mol. The maximum atomic E-state index is 12.6. The number of hydrogen-bond acceptors (Lipinski definition) is 3. The number of anilines is 1. The van der Waals surface area contributed by atoms with Crippen molar-refractivity contribution in [2.75, 3.05) is 18.9 Å². The first kappa shape index (κ1) is 13.7. The van der Waals surface area contributed by atoms with Crippen LogP contribution < -0.4 is 11.1 Å². The van der Waals surface area contributed by atoms with Gasteiger partial charge >= 0.3 is 6.18 Å². The SMILES string of the molecule is Nc1ccc(C(F)(F)F)cc1C(=O)NC1CCOC1. The van der Waals surface area contributed by atoms with Crippen LogP contribution in [0.2, 0.25) is 0 Å². The number of nitrogen functional groups attached to an aromatic ring is 1. The van der Waals surface area contributed by atoms with Gasteiger partial charge in [0.1, 0.15) is 0 Å². The van der Waals surface area contributed by atoms with Crippen molar-refractivity contribution in [3.05, 3.63) is 29.3 Å². The zero-order valence-corrected chi connectivity index (χ0v) is 9.96. The molecule has 1 heterocycles. The number of nitrogens with two attached hydrogens (primary N) is 1. The summed E-state index contributed by atoms with van der Waals surface area (Å²) in [4.78, 5) is 11.9. The van der Waals surface area contributed by atoms with Crippen LogP contribution in [0.1, 0.15) is 22.3 Å². The van der Waals surface area contributed by atoms with Gasteiger partial charge in [0, 0.05) is 12.3 Å². The standard InChI is InChI=1S/C12H13F3N2O2/c13-12(14,15)7-1-2-10(16)9(5-7)11(18)17-8-3-4-19-6-8/h1-2,5,8H,3-4,6,16H2,(H,17,18). The van der Waals surface area contributed by atoms with E-state index in [1.165, 1.54) is 0 Å². The van der Waals surface area contributed by atoms with Crippen molar-refractivity contribution >= 4 is 11.6 Å². The number of carbonyl (C=O) groups excluding carboxylic acids is 1. The van der Waals surface area contributed by atoms with Gasteiger partial charge in [-0.15, -0.1) is 0 Å². The summed E-state index contributed by atoms with van der Waals surface area (Å²) in [5.74, 6) is -0.612. The number of carbonyl (C=O) groups is 1. The lowest BCUT2D eigenvalue weighted by Gasteiger charge is -2.14. The molecule has 1 atom stereocenters. The highest BCUT2D eigenvalue weighted by atomic mass is 19.4. The molecule has 19 heavy (non-hydrogen) atoms.